The molecular formula is C15H23N3O5. The van der Waals surface area contributed by atoms with Crippen molar-refractivity contribution in [2.24, 2.45) is 0 Å². The maximum absolute atomic E-state index is 11.6. The fraction of sp³-hybridized carbons (Fsp3) is 0.600. The average molecular weight is 325 g/mol. The minimum absolute atomic E-state index is 0.0615. The van der Waals surface area contributed by atoms with Crippen LogP contribution in [0.25, 0.3) is 0 Å². The largest absolute Gasteiger partial charge is 0.378 e. The number of amides is 3. The van der Waals surface area contributed by atoms with Crippen molar-refractivity contribution in [3.8, 4) is 0 Å². The Bertz CT molecular complexity index is 472. The Hall–Kier alpha value is -2.06. The zero-order valence-corrected chi connectivity index (χ0v) is 13.5. The van der Waals surface area contributed by atoms with Crippen LogP contribution in [0.4, 0.5) is 0 Å². The average Bonchev–Trinajstić information content (AvgIpc) is 2.79. The Morgan fingerprint density at radius 2 is 1.87 bits per heavy atom. The zero-order chi connectivity index (χ0) is 17.2. The summed E-state index contributed by atoms with van der Waals surface area (Å²) >= 11 is 0. The van der Waals surface area contributed by atoms with Crippen LogP contribution in [0, 0.1) is 0 Å². The molecule has 128 valence electrons. The summed E-state index contributed by atoms with van der Waals surface area (Å²) in [5.41, 5.74) is 0. The molecule has 0 unspecified atom stereocenters. The topological polar surface area (TPSA) is 96.0 Å². The van der Waals surface area contributed by atoms with Crippen molar-refractivity contribution in [3.63, 3.8) is 0 Å². The molecule has 0 spiro atoms. The van der Waals surface area contributed by atoms with Crippen molar-refractivity contribution < 1.29 is 23.9 Å². The SMILES string of the molecule is CC(=O)CN(C)CCC(=O)NCCOCCN1C(=O)C=CC1=O. The van der Waals surface area contributed by atoms with E-state index >= 15 is 0 Å². The van der Waals surface area contributed by atoms with Crippen molar-refractivity contribution in [2.45, 2.75) is 13.3 Å². The van der Waals surface area contributed by atoms with E-state index in [1.807, 2.05) is 0 Å². The number of likely N-dealkylation sites (N-methyl/N-ethyl adjacent to an activating group) is 1. The second kappa shape index (κ2) is 9.86. The van der Waals surface area contributed by atoms with E-state index in [0.717, 1.165) is 4.90 Å². The molecule has 3 amide bonds. The number of ketones is 1. The van der Waals surface area contributed by atoms with Gasteiger partial charge in [0.2, 0.25) is 5.91 Å². The van der Waals surface area contributed by atoms with Crippen molar-refractivity contribution in [2.75, 3.05) is 46.4 Å². The van der Waals surface area contributed by atoms with Gasteiger partial charge in [-0.2, -0.15) is 0 Å². The van der Waals surface area contributed by atoms with Crippen LogP contribution in [0.15, 0.2) is 12.2 Å². The molecule has 0 aromatic heterocycles. The van der Waals surface area contributed by atoms with Gasteiger partial charge in [0.25, 0.3) is 11.8 Å². The second-order valence-electron chi connectivity index (χ2n) is 5.31. The van der Waals surface area contributed by atoms with Crippen LogP contribution in [-0.2, 0) is 23.9 Å². The number of Topliss-reactive ketones (excluding diaryl/α,β-unsaturated/α-hetero) is 1. The first kappa shape index (κ1) is 19.0. The molecule has 1 rings (SSSR count). The van der Waals surface area contributed by atoms with E-state index in [1.165, 1.54) is 19.1 Å². The van der Waals surface area contributed by atoms with Gasteiger partial charge in [-0.05, 0) is 14.0 Å². The number of carbonyl (C=O) groups excluding carboxylic acids is 4. The molecule has 1 N–H and O–H groups in total. The number of hydrogen-bond donors (Lipinski definition) is 1. The molecule has 0 fully saturated rings. The van der Waals surface area contributed by atoms with Crippen LogP contribution in [-0.4, -0.2) is 79.7 Å². The van der Waals surface area contributed by atoms with E-state index < -0.39 is 0 Å². The molecule has 8 heteroatoms. The molecule has 23 heavy (non-hydrogen) atoms. The number of hydrogen-bond acceptors (Lipinski definition) is 6. The number of carbonyl (C=O) groups is 4. The van der Waals surface area contributed by atoms with Crippen molar-refractivity contribution >= 4 is 23.5 Å². The highest BCUT2D eigenvalue weighted by Crippen LogP contribution is 2.02. The number of nitrogens with zero attached hydrogens (tertiary/aromatic N) is 2. The van der Waals surface area contributed by atoms with Crippen LogP contribution >= 0.6 is 0 Å². The summed E-state index contributed by atoms with van der Waals surface area (Å²) in [6, 6.07) is 0. The van der Waals surface area contributed by atoms with Crippen molar-refractivity contribution in [3.05, 3.63) is 12.2 Å². The molecular weight excluding hydrogens is 302 g/mol. The monoisotopic (exact) mass is 325 g/mol. The number of nitrogens with one attached hydrogen (secondary N) is 1. The Morgan fingerprint density at radius 1 is 1.22 bits per heavy atom. The first-order valence-electron chi connectivity index (χ1n) is 7.46. The van der Waals surface area contributed by atoms with Gasteiger partial charge < -0.3 is 10.1 Å². The van der Waals surface area contributed by atoms with Gasteiger partial charge in [0, 0.05) is 31.7 Å². The third kappa shape index (κ3) is 7.66. The molecule has 0 aliphatic carbocycles. The lowest BCUT2D eigenvalue weighted by atomic mass is 10.3. The number of ether oxygens (including phenoxy) is 1. The minimum atomic E-state index is -0.332. The second-order valence-corrected chi connectivity index (χ2v) is 5.31. The molecule has 0 saturated carbocycles. The summed E-state index contributed by atoms with van der Waals surface area (Å²) in [6.45, 7) is 3.45. The van der Waals surface area contributed by atoms with E-state index in [-0.39, 0.29) is 36.7 Å². The lowest BCUT2D eigenvalue weighted by Gasteiger charge is -2.15. The Balaban J connectivity index is 2.00. The lowest BCUT2D eigenvalue weighted by Crippen LogP contribution is -2.34. The molecule has 1 aliphatic rings. The summed E-state index contributed by atoms with van der Waals surface area (Å²) in [7, 11) is 1.79. The molecule has 0 atom stereocenters. The van der Waals surface area contributed by atoms with Crippen molar-refractivity contribution in [1.29, 1.82) is 0 Å². The van der Waals surface area contributed by atoms with Crippen LogP contribution in [0.2, 0.25) is 0 Å². The fourth-order valence-electron chi connectivity index (χ4n) is 2.01. The van der Waals surface area contributed by atoms with Gasteiger partial charge in [0.15, 0.2) is 0 Å². The third-order valence-electron chi connectivity index (χ3n) is 3.14. The maximum atomic E-state index is 11.6. The van der Waals surface area contributed by atoms with Gasteiger partial charge in [-0.15, -0.1) is 0 Å². The highest BCUT2D eigenvalue weighted by molar-refractivity contribution is 6.12. The van der Waals surface area contributed by atoms with Crippen LogP contribution in [0.1, 0.15) is 13.3 Å². The molecule has 0 aromatic carbocycles. The van der Waals surface area contributed by atoms with Crippen LogP contribution < -0.4 is 5.32 Å². The fourth-order valence-corrected chi connectivity index (χ4v) is 2.01. The first-order valence-corrected chi connectivity index (χ1v) is 7.46. The Labute approximate surface area is 135 Å². The van der Waals surface area contributed by atoms with Gasteiger partial charge in [-0.25, -0.2) is 0 Å². The Morgan fingerprint density at radius 3 is 2.48 bits per heavy atom. The summed E-state index contributed by atoms with van der Waals surface area (Å²) < 4.78 is 5.28. The van der Waals surface area contributed by atoms with Gasteiger partial charge in [-0.3, -0.25) is 29.0 Å². The predicted molar refractivity (Wildman–Crippen MR) is 82.5 cm³/mol. The molecule has 1 aliphatic heterocycles. The van der Waals surface area contributed by atoms with Gasteiger partial charge in [0.05, 0.1) is 26.3 Å². The molecule has 0 aromatic rings. The molecule has 1 heterocycles. The van der Waals surface area contributed by atoms with E-state index in [2.05, 4.69) is 5.32 Å². The highest BCUT2D eigenvalue weighted by atomic mass is 16.5. The maximum Gasteiger partial charge on any atom is 0.253 e. The standard InChI is InChI=1S/C15H23N3O5/c1-12(19)11-17(2)7-5-13(20)16-6-9-23-10-8-18-14(21)3-4-15(18)22/h3-4H,5-11H2,1-2H3,(H,16,20). The number of rotatable bonds is 11. The van der Waals surface area contributed by atoms with E-state index in [1.54, 1.807) is 11.9 Å². The minimum Gasteiger partial charge on any atom is -0.378 e. The Kier molecular flexibility index (Phi) is 8.14. The zero-order valence-electron chi connectivity index (χ0n) is 13.5. The summed E-state index contributed by atoms with van der Waals surface area (Å²) in [4.78, 5) is 47.9. The van der Waals surface area contributed by atoms with Gasteiger partial charge in [-0.1, -0.05) is 0 Å². The molecule has 0 saturated heterocycles. The van der Waals surface area contributed by atoms with Gasteiger partial charge in [0.1, 0.15) is 5.78 Å². The molecule has 0 bridgehead atoms. The van der Waals surface area contributed by atoms with E-state index in [0.29, 0.717) is 32.7 Å². The smallest absolute Gasteiger partial charge is 0.253 e. The van der Waals surface area contributed by atoms with Crippen LogP contribution in [0.5, 0.6) is 0 Å². The van der Waals surface area contributed by atoms with E-state index in [9.17, 15) is 19.2 Å². The van der Waals surface area contributed by atoms with Gasteiger partial charge >= 0.3 is 0 Å². The summed E-state index contributed by atoms with van der Waals surface area (Å²) in [5.74, 6) is -0.715. The van der Waals surface area contributed by atoms with Crippen LogP contribution in [0.3, 0.4) is 0 Å². The highest BCUT2D eigenvalue weighted by Gasteiger charge is 2.22. The molecule has 8 nitrogen and oxygen atoms in total. The summed E-state index contributed by atoms with van der Waals surface area (Å²) in [6.07, 6.45) is 2.77. The summed E-state index contributed by atoms with van der Waals surface area (Å²) in [5, 5.41) is 2.70. The van der Waals surface area contributed by atoms with E-state index in [4.69, 9.17) is 4.74 Å². The lowest BCUT2D eigenvalue weighted by molar-refractivity contribution is -0.137. The normalized spacial score (nSPS) is 14.0. The predicted octanol–water partition coefficient (Wildman–Crippen LogP) is -1.04. The number of imide groups is 1. The quantitative estimate of drug-likeness (QED) is 0.385. The third-order valence-corrected chi connectivity index (χ3v) is 3.14. The van der Waals surface area contributed by atoms with Crippen molar-refractivity contribution in [1.82, 2.24) is 15.1 Å². The molecule has 0 radical (unpaired) electrons. The first-order chi connectivity index (χ1) is 10.9.